The van der Waals surface area contributed by atoms with E-state index in [1.54, 1.807) is 0 Å². The fourth-order valence-corrected chi connectivity index (χ4v) is 2.79. The fraction of sp³-hybridized carbons (Fsp3) is 0.611. The quantitative estimate of drug-likeness (QED) is 0.802. The maximum Gasteiger partial charge on any atom is 0.241 e. The van der Waals surface area contributed by atoms with E-state index in [0.29, 0.717) is 6.54 Å². The van der Waals surface area contributed by atoms with Crippen LogP contribution < -0.4 is 5.32 Å². The van der Waals surface area contributed by atoms with Crippen LogP contribution in [0.25, 0.3) is 0 Å². The van der Waals surface area contributed by atoms with E-state index < -0.39 is 0 Å². The van der Waals surface area contributed by atoms with Crippen molar-refractivity contribution in [2.45, 2.75) is 32.7 Å². The summed E-state index contributed by atoms with van der Waals surface area (Å²) in [5, 5.41) is 3.14. The van der Waals surface area contributed by atoms with E-state index >= 15 is 0 Å². The molecule has 1 aromatic rings. The van der Waals surface area contributed by atoms with Gasteiger partial charge < -0.3 is 10.1 Å². The van der Waals surface area contributed by atoms with Crippen molar-refractivity contribution in [3.63, 3.8) is 0 Å². The highest BCUT2D eigenvalue weighted by atomic mass is 16.5. The summed E-state index contributed by atoms with van der Waals surface area (Å²) in [6.07, 6.45) is 2.29. The maximum absolute atomic E-state index is 12.7. The number of rotatable bonds is 8. The lowest BCUT2D eigenvalue weighted by molar-refractivity contribution is -0.126. The van der Waals surface area contributed by atoms with Crippen molar-refractivity contribution in [1.82, 2.24) is 10.2 Å². The van der Waals surface area contributed by atoms with Gasteiger partial charge in [-0.05, 0) is 51.9 Å². The second kappa shape index (κ2) is 7.25. The van der Waals surface area contributed by atoms with Gasteiger partial charge in [0.25, 0.3) is 0 Å². The molecule has 1 aliphatic rings. The zero-order valence-electron chi connectivity index (χ0n) is 14.2. The number of carbonyl (C=O) groups excluding carboxylic acids is 1. The molecule has 0 saturated heterocycles. The first-order valence-electron chi connectivity index (χ1n) is 8.06. The number of likely N-dealkylation sites (N-methyl/N-ethyl adjacent to an activating group) is 1. The van der Waals surface area contributed by atoms with Crippen LogP contribution >= 0.6 is 0 Å². The van der Waals surface area contributed by atoms with Crippen LogP contribution in [0.4, 0.5) is 0 Å². The minimum absolute atomic E-state index is 0.0714. The monoisotopic (exact) mass is 304 g/mol. The average Bonchev–Trinajstić information content (AvgIpc) is 3.25. The Bertz CT molecular complexity index is 510. The van der Waals surface area contributed by atoms with Crippen LogP contribution in [0.15, 0.2) is 24.3 Å². The number of hydrogen-bond acceptors (Lipinski definition) is 3. The van der Waals surface area contributed by atoms with E-state index in [9.17, 15) is 4.79 Å². The first-order valence-corrected chi connectivity index (χ1v) is 8.06. The number of nitrogens with one attached hydrogen (secondary N) is 1. The molecular formula is C18H28N2O2. The van der Waals surface area contributed by atoms with Gasteiger partial charge in [-0.3, -0.25) is 9.69 Å². The third-order valence-electron chi connectivity index (χ3n) is 4.45. The standard InChI is InChI=1S/C18H28N2O2/c1-5-22-13-18(10-11-18)12-19-17(21)16(20(3)4)15-9-7-6-8-14(15)2/h6-9,16H,5,10-13H2,1-4H3,(H,19,21). The molecule has 0 radical (unpaired) electrons. The number of hydrogen-bond donors (Lipinski definition) is 1. The SMILES string of the molecule is CCOCC1(CNC(=O)C(c2ccccc2C)N(C)C)CC1. The number of ether oxygens (including phenoxy) is 1. The number of amides is 1. The molecule has 1 unspecified atom stereocenters. The van der Waals surface area contributed by atoms with Crippen molar-refractivity contribution in [1.29, 1.82) is 0 Å². The average molecular weight is 304 g/mol. The van der Waals surface area contributed by atoms with E-state index in [1.807, 2.05) is 44.1 Å². The smallest absolute Gasteiger partial charge is 0.241 e. The first kappa shape index (κ1) is 17.0. The molecule has 0 heterocycles. The number of benzene rings is 1. The Morgan fingerprint density at radius 1 is 1.36 bits per heavy atom. The third-order valence-corrected chi connectivity index (χ3v) is 4.45. The Kier molecular flexibility index (Phi) is 5.59. The molecule has 1 N–H and O–H groups in total. The topological polar surface area (TPSA) is 41.6 Å². The molecule has 4 nitrogen and oxygen atoms in total. The molecule has 2 rings (SSSR count). The Labute approximate surface area is 133 Å². The van der Waals surface area contributed by atoms with Gasteiger partial charge in [0, 0.05) is 18.6 Å². The summed E-state index contributed by atoms with van der Waals surface area (Å²) < 4.78 is 5.54. The van der Waals surface area contributed by atoms with Crippen molar-refractivity contribution in [2.24, 2.45) is 5.41 Å². The summed E-state index contributed by atoms with van der Waals surface area (Å²) in [5.74, 6) is 0.0714. The Morgan fingerprint density at radius 2 is 2.05 bits per heavy atom. The molecular weight excluding hydrogens is 276 g/mol. The zero-order valence-corrected chi connectivity index (χ0v) is 14.2. The first-order chi connectivity index (χ1) is 10.5. The molecule has 0 aromatic heterocycles. The van der Waals surface area contributed by atoms with E-state index in [4.69, 9.17) is 4.74 Å². The van der Waals surface area contributed by atoms with Gasteiger partial charge in [-0.15, -0.1) is 0 Å². The number of carbonyl (C=O) groups is 1. The van der Waals surface area contributed by atoms with Crippen LogP contribution in [0.5, 0.6) is 0 Å². The van der Waals surface area contributed by atoms with E-state index in [0.717, 1.165) is 37.2 Å². The lowest BCUT2D eigenvalue weighted by atomic mass is 9.99. The third kappa shape index (κ3) is 4.08. The molecule has 1 saturated carbocycles. The van der Waals surface area contributed by atoms with Gasteiger partial charge in [-0.25, -0.2) is 0 Å². The summed E-state index contributed by atoms with van der Waals surface area (Å²) in [4.78, 5) is 14.7. The van der Waals surface area contributed by atoms with Crippen LogP contribution in [0.2, 0.25) is 0 Å². The van der Waals surface area contributed by atoms with E-state index in [1.165, 1.54) is 0 Å². The summed E-state index contributed by atoms with van der Waals surface area (Å²) in [7, 11) is 3.90. The molecule has 22 heavy (non-hydrogen) atoms. The summed E-state index contributed by atoms with van der Waals surface area (Å²) in [5.41, 5.74) is 2.39. The minimum Gasteiger partial charge on any atom is -0.381 e. The van der Waals surface area contributed by atoms with Gasteiger partial charge in [0.05, 0.1) is 6.61 Å². The normalized spacial score (nSPS) is 17.3. The second-order valence-corrected chi connectivity index (χ2v) is 6.58. The van der Waals surface area contributed by atoms with Crippen LogP contribution in [-0.2, 0) is 9.53 Å². The molecule has 0 bridgehead atoms. The molecule has 4 heteroatoms. The Morgan fingerprint density at radius 3 is 2.59 bits per heavy atom. The van der Waals surface area contributed by atoms with Crippen LogP contribution in [0.3, 0.4) is 0 Å². The lowest BCUT2D eigenvalue weighted by Gasteiger charge is -2.26. The number of aryl methyl sites for hydroxylation is 1. The maximum atomic E-state index is 12.7. The van der Waals surface area contributed by atoms with Crippen LogP contribution in [0, 0.1) is 12.3 Å². The highest BCUT2D eigenvalue weighted by molar-refractivity contribution is 5.83. The lowest BCUT2D eigenvalue weighted by Crippen LogP contribution is -2.40. The molecule has 1 atom stereocenters. The van der Waals surface area contributed by atoms with Crippen LogP contribution in [0.1, 0.15) is 36.9 Å². The Hall–Kier alpha value is -1.39. The molecule has 122 valence electrons. The van der Waals surface area contributed by atoms with Crippen LogP contribution in [-0.4, -0.2) is 44.7 Å². The summed E-state index contributed by atoms with van der Waals surface area (Å²) >= 11 is 0. The molecule has 1 aliphatic carbocycles. The summed E-state index contributed by atoms with van der Waals surface area (Å²) in [6, 6.07) is 7.83. The molecule has 0 spiro atoms. The van der Waals surface area contributed by atoms with Crippen molar-refractivity contribution < 1.29 is 9.53 Å². The molecule has 1 amide bonds. The van der Waals surface area contributed by atoms with Gasteiger partial charge in [0.2, 0.25) is 5.91 Å². The summed E-state index contributed by atoms with van der Waals surface area (Å²) in [6.45, 7) is 6.26. The zero-order chi connectivity index (χ0) is 16.2. The second-order valence-electron chi connectivity index (χ2n) is 6.58. The number of nitrogens with zero attached hydrogens (tertiary/aromatic N) is 1. The van der Waals surface area contributed by atoms with Crippen molar-refractivity contribution in [3.05, 3.63) is 35.4 Å². The highest BCUT2D eigenvalue weighted by Crippen LogP contribution is 2.45. The van der Waals surface area contributed by atoms with Gasteiger partial charge >= 0.3 is 0 Å². The van der Waals surface area contributed by atoms with Crippen molar-refractivity contribution in [2.75, 3.05) is 33.9 Å². The van der Waals surface area contributed by atoms with Gasteiger partial charge in [0.1, 0.15) is 6.04 Å². The Balaban J connectivity index is 2.01. The van der Waals surface area contributed by atoms with E-state index in [-0.39, 0.29) is 17.4 Å². The predicted molar refractivity (Wildman–Crippen MR) is 88.8 cm³/mol. The largest absolute Gasteiger partial charge is 0.381 e. The molecule has 1 aromatic carbocycles. The molecule has 1 fully saturated rings. The van der Waals surface area contributed by atoms with E-state index in [2.05, 4.69) is 18.3 Å². The fourth-order valence-electron chi connectivity index (χ4n) is 2.79. The van der Waals surface area contributed by atoms with Gasteiger partial charge in [-0.2, -0.15) is 0 Å². The van der Waals surface area contributed by atoms with Gasteiger partial charge in [0.15, 0.2) is 0 Å². The highest BCUT2D eigenvalue weighted by Gasteiger charge is 2.43. The van der Waals surface area contributed by atoms with Gasteiger partial charge in [-0.1, -0.05) is 24.3 Å². The van der Waals surface area contributed by atoms with Crippen molar-refractivity contribution in [3.8, 4) is 0 Å². The minimum atomic E-state index is -0.246. The van der Waals surface area contributed by atoms with Crippen molar-refractivity contribution >= 4 is 5.91 Å². The predicted octanol–water partition coefficient (Wildman–Crippen LogP) is 2.53. The molecule has 0 aliphatic heterocycles.